The molecule has 4 N–H and O–H groups in total. The number of nitrogen functional groups attached to an aromatic ring is 1. The topological polar surface area (TPSA) is 98.6 Å². The smallest absolute Gasteiger partial charge is 0.238 e. The van der Waals surface area contributed by atoms with Crippen LogP contribution in [0.15, 0.2) is 47.4 Å². The van der Waals surface area contributed by atoms with Gasteiger partial charge < -0.3 is 15.4 Å². The van der Waals surface area contributed by atoms with Gasteiger partial charge in [-0.05, 0) is 30.3 Å². The largest absolute Gasteiger partial charge is 0.497 e. The number of hydrogen-bond donors (Lipinski definition) is 2. The van der Waals surface area contributed by atoms with E-state index in [-0.39, 0.29) is 4.90 Å². The van der Waals surface area contributed by atoms with Gasteiger partial charge in [-0.2, -0.15) is 0 Å². The van der Waals surface area contributed by atoms with Crippen LogP contribution in [0, 0.1) is 0 Å². The first-order valence-corrected chi connectivity index (χ1v) is 7.67. The molecule has 0 heterocycles. The third kappa shape index (κ3) is 3.26. The average Bonchev–Trinajstić information content (AvgIpc) is 2.45. The molecule has 2 rings (SSSR count). The zero-order chi connectivity index (χ0) is 15.6. The second-order valence-corrected chi connectivity index (χ2v) is 6.09. The van der Waals surface area contributed by atoms with Crippen LogP contribution in [0.2, 0.25) is 0 Å². The number of rotatable bonds is 4. The van der Waals surface area contributed by atoms with E-state index in [2.05, 4.69) is 0 Å². The lowest BCUT2D eigenvalue weighted by Gasteiger charge is -2.22. The maximum absolute atomic E-state index is 11.3. The van der Waals surface area contributed by atoms with Gasteiger partial charge in [-0.15, -0.1) is 0 Å². The summed E-state index contributed by atoms with van der Waals surface area (Å²) in [5, 5.41) is 5.09. The summed E-state index contributed by atoms with van der Waals surface area (Å²) >= 11 is 0. The minimum atomic E-state index is -3.76. The van der Waals surface area contributed by atoms with Crippen LogP contribution in [-0.4, -0.2) is 22.6 Å². The van der Waals surface area contributed by atoms with Crippen LogP contribution in [0.1, 0.15) is 0 Å². The van der Waals surface area contributed by atoms with Crippen molar-refractivity contribution < 1.29 is 13.2 Å². The van der Waals surface area contributed by atoms with Crippen molar-refractivity contribution in [3.05, 3.63) is 42.5 Å². The van der Waals surface area contributed by atoms with Gasteiger partial charge in [0.15, 0.2) is 0 Å². The molecule has 0 amide bonds. The number of primary sulfonamides is 1. The van der Waals surface area contributed by atoms with E-state index in [1.54, 1.807) is 13.2 Å². The molecule has 112 valence electrons. The number of nitrogens with two attached hydrogens (primary N) is 2. The molecular weight excluding hydrogens is 290 g/mol. The van der Waals surface area contributed by atoms with Crippen LogP contribution >= 0.6 is 0 Å². The van der Waals surface area contributed by atoms with Crippen molar-refractivity contribution in [1.29, 1.82) is 0 Å². The van der Waals surface area contributed by atoms with Crippen LogP contribution < -0.4 is 20.5 Å². The number of anilines is 3. The number of benzene rings is 2. The van der Waals surface area contributed by atoms with Gasteiger partial charge in [-0.3, -0.25) is 0 Å². The van der Waals surface area contributed by atoms with E-state index in [0.717, 1.165) is 11.4 Å². The third-order valence-corrected chi connectivity index (χ3v) is 4.04. The Balaban J connectivity index is 2.41. The van der Waals surface area contributed by atoms with Crippen LogP contribution in [0.5, 0.6) is 5.75 Å². The van der Waals surface area contributed by atoms with Crippen LogP contribution in [0.25, 0.3) is 0 Å². The molecule has 0 fully saturated rings. The Morgan fingerprint density at radius 1 is 1.14 bits per heavy atom. The van der Waals surface area contributed by atoms with Crippen molar-refractivity contribution in [2.45, 2.75) is 4.90 Å². The molecule has 0 bridgehead atoms. The Morgan fingerprint density at radius 3 is 2.43 bits per heavy atom. The summed E-state index contributed by atoms with van der Waals surface area (Å²) in [4.78, 5) is 1.83. The van der Waals surface area contributed by atoms with E-state index in [1.807, 2.05) is 36.2 Å². The summed E-state index contributed by atoms with van der Waals surface area (Å²) in [6, 6.07) is 11.8. The second-order valence-electron chi connectivity index (χ2n) is 4.53. The lowest BCUT2D eigenvalue weighted by Crippen LogP contribution is -2.15. The molecule has 6 nitrogen and oxygen atoms in total. The van der Waals surface area contributed by atoms with Crippen molar-refractivity contribution in [3.63, 3.8) is 0 Å². The lowest BCUT2D eigenvalue weighted by atomic mass is 10.2. The van der Waals surface area contributed by atoms with Gasteiger partial charge >= 0.3 is 0 Å². The number of hydrogen-bond acceptors (Lipinski definition) is 5. The molecular formula is C14H17N3O3S. The van der Waals surface area contributed by atoms with Gasteiger partial charge in [-0.25, -0.2) is 13.6 Å². The number of sulfonamides is 1. The second kappa shape index (κ2) is 5.63. The molecule has 0 aliphatic heterocycles. The van der Waals surface area contributed by atoms with Crippen LogP contribution in [-0.2, 0) is 10.0 Å². The first-order valence-electron chi connectivity index (χ1n) is 6.13. The van der Waals surface area contributed by atoms with E-state index in [0.29, 0.717) is 11.4 Å². The SMILES string of the molecule is COc1cccc(N(C)c2ccc(S(N)(=O)=O)cc2N)c1. The van der Waals surface area contributed by atoms with Gasteiger partial charge in [0.25, 0.3) is 0 Å². The molecule has 0 spiro atoms. The van der Waals surface area contributed by atoms with E-state index < -0.39 is 10.0 Å². The molecule has 0 radical (unpaired) electrons. The van der Waals surface area contributed by atoms with Crippen molar-refractivity contribution in [3.8, 4) is 5.75 Å². The number of methoxy groups -OCH3 is 1. The molecule has 0 aromatic heterocycles. The summed E-state index contributed by atoms with van der Waals surface area (Å²) in [5.74, 6) is 0.721. The monoisotopic (exact) mass is 307 g/mol. The first-order chi connectivity index (χ1) is 9.82. The van der Waals surface area contributed by atoms with Crippen LogP contribution in [0.4, 0.5) is 17.1 Å². The molecule has 0 saturated heterocycles. The predicted molar refractivity (Wildman–Crippen MR) is 83.3 cm³/mol. The van der Waals surface area contributed by atoms with Crippen molar-refractivity contribution in [2.24, 2.45) is 5.14 Å². The van der Waals surface area contributed by atoms with Crippen LogP contribution in [0.3, 0.4) is 0 Å². The zero-order valence-corrected chi connectivity index (χ0v) is 12.6. The fraction of sp³-hybridized carbons (Fsp3) is 0.143. The van der Waals surface area contributed by atoms with E-state index in [1.165, 1.54) is 12.1 Å². The quantitative estimate of drug-likeness (QED) is 0.838. The van der Waals surface area contributed by atoms with Crippen molar-refractivity contribution >= 4 is 27.1 Å². The highest BCUT2D eigenvalue weighted by Gasteiger charge is 2.13. The first kappa shape index (κ1) is 15.1. The average molecular weight is 307 g/mol. The van der Waals surface area contributed by atoms with Gasteiger partial charge in [0.2, 0.25) is 10.0 Å². The summed E-state index contributed by atoms with van der Waals surface area (Å²) in [7, 11) is -0.340. The molecule has 0 aliphatic rings. The highest BCUT2D eigenvalue weighted by molar-refractivity contribution is 7.89. The Morgan fingerprint density at radius 2 is 1.86 bits per heavy atom. The lowest BCUT2D eigenvalue weighted by molar-refractivity contribution is 0.415. The third-order valence-electron chi connectivity index (χ3n) is 3.13. The standard InChI is InChI=1S/C14H17N3O3S/c1-17(10-4-3-5-11(8-10)20-2)14-7-6-12(9-13(14)15)21(16,18)19/h3-9H,15H2,1-2H3,(H2,16,18,19). The fourth-order valence-electron chi connectivity index (χ4n) is 1.97. The molecule has 7 heteroatoms. The summed E-state index contributed by atoms with van der Waals surface area (Å²) < 4.78 is 27.8. The predicted octanol–water partition coefficient (Wildman–Crippen LogP) is 1.69. The summed E-state index contributed by atoms with van der Waals surface area (Å²) in [6.45, 7) is 0. The highest BCUT2D eigenvalue weighted by Crippen LogP contribution is 2.32. The maximum atomic E-state index is 11.3. The van der Waals surface area contributed by atoms with Gasteiger partial charge in [0, 0.05) is 18.8 Å². The minimum Gasteiger partial charge on any atom is -0.497 e. The number of ether oxygens (including phenoxy) is 1. The zero-order valence-electron chi connectivity index (χ0n) is 11.8. The molecule has 0 saturated carbocycles. The number of nitrogens with zero attached hydrogens (tertiary/aromatic N) is 1. The normalized spacial score (nSPS) is 11.2. The Bertz CT molecular complexity index is 760. The maximum Gasteiger partial charge on any atom is 0.238 e. The molecule has 2 aromatic carbocycles. The van der Waals surface area contributed by atoms with Crippen molar-refractivity contribution in [2.75, 3.05) is 24.8 Å². The fourth-order valence-corrected chi connectivity index (χ4v) is 2.52. The van der Waals surface area contributed by atoms with Gasteiger partial charge in [-0.1, -0.05) is 6.07 Å². The molecule has 0 aliphatic carbocycles. The molecule has 21 heavy (non-hydrogen) atoms. The summed E-state index contributed by atoms with van der Waals surface area (Å²) in [6.07, 6.45) is 0. The molecule has 2 aromatic rings. The highest BCUT2D eigenvalue weighted by atomic mass is 32.2. The molecule has 0 unspecified atom stereocenters. The Hall–Kier alpha value is -2.25. The molecule has 0 atom stereocenters. The van der Waals surface area contributed by atoms with Gasteiger partial charge in [0.1, 0.15) is 5.75 Å². The van der Waals surface area contributed by atoms with Gasteiger partial charge in [0.05, 0.1) is 23.4 Å². The van der Waals surface area contributed by atoms with E-state index in [9.17, 15) is 8.42 Å². The summed E-state index contributed by atoms with van der Waals surface area (Å²) in [5.41, 5.74) is 7.80. The Kier molecular flexibility index (Phi) is 4.06. The van der Waals surface area contributed by atoms with Crippen molar-refractivity contribution in [1.82, 2.24) is 0 Å². The Labute approximate surface area is 124 Å². The van der Waals surface area contributed by atoms with E-state index >= 15 is 0 Å². The van der Waals surface area contributed by atoms with E-state index in [4.69, 9.17) is 15.6 Å². The minimum absolute atomic E-state index is 0.0113.